The van der Waals surface area contributed by atoms with Crippen molar-refractivity contribution >= 4 is 5.97 Å². The average molecular weight is 236 g/mol. The quantitative estimate of drug-likeness (QED) is 0.689. The second kappa shape index (κ2) is 3.37. The zero-order valence-corrected chi connectivity index (χ0v) is 9.19. The molecule has 16 heavy (non-hydrogen) atoms. The minimum absolute atomic E-state index is 0.00363. The molecule has 0 aromatic carbocycles. The Kier molecular flexibility index (Phi) is 2.48. The van der Waals surface area contributed by atoms with Crippen molar-refractivity contribution < 1.29 is 22.7 Å². The molecule has 5 heteroatoms. The Hall–Kier alpha value is -0.740. The Morgan fingerprint density at radius 3 is 2.19 bits per heavy atom. The van der Waals surface area contributed by atoms with Gasteiger partial charge in [0, 0.05) is 0 Å². The Labute approximate surface area is 92.1 Å². The third-order valence-electron chi connectivity index (χ3n) is 3.98. The first-order valence-electron chi connectivity index (χ1n) is 5.59. The van der Waals surface area contributed by atoms with Gasteiger partial charge in [0.15, 0.2) is 5.41 Å². The van der Waals surface area contributed by atoms with Gasteiger partial charge in [-0.15, -0.1) is 0 Å². The van der Waals surface area contributed by atoms with Gasteiger partial charge in [0.2, 0.25) is 0 Å². The van der Waals surface area contributed by atoms with E-state index in [4.69, 9.17) is 0 Å². The van der Waals surface area contributed by atoms with Crippen molar-refractivity contribution in [3.8, 4) is 0 Å². The van der Waals surface area contributed by atoms with Crippen LogP contribution < -0.4 is 0 Å². The number of rotatable bonds is 2. The summed E-state index contributed by atoms with van der Waals surface area (Å²) in [5.74, 6) is -1.08. The predicted octanol–water partition coefficient (Wildman–Crippen LogP) is 3.06. The molecule has 2 rings (SSSR count). The van der Waals surface area contributed by atoms with Crippen LogP contribution in [0.5, 0.6) is 0 Å². The zero-order valence-electron chi connectivity index (χ0n) is 9.19. The molecular weight excluding hydrogens is 221 g/mol. The summed E-state index contributed by atoms with van der Waals surface area (Å²) in [6.45, 7) is 1.53. The van der Waals surface area contributed by atoms with E-state index in [9.17, 15) is 18.0 Å². The standard InChI is InChI=1S/C11H15F3O2/c1-2-16-8(15)10(11(12,13)14)6-9(7-10)4-3-5-9/h2-7H2,1H3. The van der Waals surface area contributed by atoms with E-state index in [1.165, 1.54) is 6.92 Å². The average Bonchev–Trinajstić information content (AvgIpc) is 1.96. The molecule has 0 saturated heterocycles. The van der Waals surface area contributed by atoms with E-state index in [-0.39, 0.29) is 24.9 Å². The van der Waals surface area contributed by atoms with Crippen LogP contribution in [0.1, 0.15) is 39.0 Å². The van der Waals surface area contributed by atoms with Crippen LogP contribution in [0.3, 0.4) is 0 Å². The second-order valence-corrected chi connectivity index (χ2v) is 5.01. The molecular formula is C11H15F3O2. The fourth-order valence-corrected chi connectivity index (χ4v) is 2.99. The molecule has 0 unspecified atom stereocenters. The van der Waals surface area contributed by atoms with Gasteiger partial charge in [0.05, 0.1) is 6.61 Å². The van der Waals surface area contributed by atoms with E-state index in [2.05, 4.69) is 4.74 Å². The molecule has 0 aromatic heterocycles. The molecule has 2 fully saturated rings. The molecule has 0 amide bonds. The van der Waals surface area contributed by atoms with Gasteiger partial charge in [-0.3, -0.25) is 4.79 Å². The molecule has 2 nitrogen and oxygen atoms in total. The first kappa shape index (κ1) is 11.7. The number of halogens is 3. The third-order valence-corrected chi connectivity index (χ3v) is 3.98. The molecule has 0 aromatic rings. The van der Waals surface area contributed by atoms with Gasteiger partial charge < -0.3 is 4.74 Å². The van der Waals surface area contributed by atoms with Crippen molar-refractivity contribution in [2.45, 2.75) is 45.2 Å². The summed E-state index contributed by atoms with van der Waals surface area (Å²) >= 11 is 0. The maximum absolute atomic E-state index is 12.9. The second-order valence-electron chi connectivity index (χ2n) is 5.01. The molecule has 2 aliphatic rings. The highest BCUT2D eigenvalue weighted by Crippen LogP contribution is 2.69. The summed E-state index contributed by atoms with van der Waals surface area (Å²) in [6, 6.07) is 0. The summed E-state index contributed by atoms with van der Waals surface area (Å²) < 4.78 is 43.4. The van der Waals surface area contributed by atoms with Crippen molar-refractivity contribution in [1.82, 2.24) is 0 Å². The highest BCUT2D eigenvalue weighted by Gasteiger charge is 2.73. The molecule has 0 radical (unpaired) electrons. The molecule has 0 bridgehead atoms. The lowest BCUT2D eigenvalue weighted by atomic mass is 9.45. The number of carbonyl (C=O) groups excluding carboxylic acids is 1. The molecule has 0 atom stereocenters. The summed E-state index contributed by atoms with van der Waals surface area (Å²) in [4.78, 5) is 11.5. The van der Waals surface area contributed by atoms with E-state index in [1.54, 1.807) is 0 Å². The van der Waals surface area contributed by atoms with Crippen LogP contribution in [0.25, 0.3) is 0 Å². The molecule has 0 N–H and O–H groups in total. The van der Waals surface area contributed by atoms with Gasteiger partial charge in [-0.05, 0) is 38.0 Å². The Morgan fingerprint density at radius 1 is 1.31 bits per heavy atom. The Bertz CT molecular complexity index is 297. The lowest BCUT2D eigenvalue weighted by Gasteiger charge is -2.59. The molecule has 0 aliphatic heterocycles. The van der Waals surface area contributed by atoms with Crippen molar-refractivity contribution in [3.05, 3.63) is 0 Å². The summed E-state index contributed by atoms with van der Waals surface area (Å²) in [5, 5.41) is 0. The lowest BCUT2D eigenvalue weighted by Crippen LogP contribution is -2.61. The zero-order chi connectivity index (χ0) is 12.0. The number of hydrogen-bond acceptors (Lipinski definition) is 2. The van der Waals surface area contributed by atoms with Crippen LogP contribution in [0.15, 0.2) is 0 Å². The smallest absolute Gasteiger partial charge is 0.404 e. The molecule has 2 aliphatic carbocycles. The normalized spacial score (nSPS) is 25.8. The molecule has 2 saturated carbocycles. The maximum Gasteiger partial charge on any atom is 0.404 e. The predicted molar refractivity (Wildman–Crippen MR) is 50.6 cm³/mol. The number of carbonyl (C=O) groups is 1. The number of hydrogen-bond donors (Lipinski definition) is 0. The van der Waals surface area contributed by atoms with Crippen LogP contribution in [0, 0.1) is 10.8 Å². The van der Waals surface area contributed by atoms with E-state index in [1.807, 2.05) is 0 Å². The van der Waals surface area contributed by atoms with Crippen LogP contribution in [-0.4, -0.2) is 18.8 Å². The van der Waals surface area contributed by atoms with Gasteiger partial charge in [-0.2, -0.15) is 13.2 Å². The third kappa shape index (κ3) is 1.44. The SMILES string of the molecule is CCOC(=O)C1(C(F)(F)F)CC2(CCC2)C1. The highest BCUT2D eigenvalue weighted by molar-refractivity contribution is 5.79. The molecule has 0 heterocycles. The van der Waals surface area contributed by atoms with Gasteiger partial charge in [-0.25, -0.2) is 0 Å². The summed E-state index contributed by atoms with van der Waals surface area (Å²) in [6.07, 6.45) is -1.98. The minimum atomic E-state index is -4.47. The number of esters is 1. The van der Waals surface area contributed by atoms with E-state index >= 15 is 0 Å². The fraction of sp³-hybridized carbons (Fsp3) is 0.909. The van der Waals surface area contributed by atoms with Gasteiger partial charge in [0.1, 0.15) is 0 Å². The highest BCUT2D eigenvalue weighted by atomic mass is 19.4. The van der Waals surface area contributed by atoms with Crippen molar-refractivity contribution in [1.29, 1.82) is 0 Å². The topological polar surface area (TPSA) is 26.3 Å². The fourth-order valence-electron chi connectivity index (χ4n) is 2.99. The maximum atomic E-state index is 12.9. The largest absolute Gasteiger partial charge is 0.465 e. The first-order valence-corrected chi connectivity index (χ1v) is 5.59. The van der Waals surface area contributed by atoms with E-state index in [0.717, 1.165) is 19.3 Å². The van der Waals surface area contributed by atoms with E-state index in [0.29, 0.717) is 0 Å². The van der Waals surface area contributed by atoms with Gasteiger partial charge in [0.25, 0.3) is 0 Å². The Morgan fingerprint density at radius 2 is 1.88 bits per heavy atom. The Balaban J connectivity index is 2.14. The van der Waals surface area contributed by atoms with Crippen molar-refractivity contribution in [3.63, 3.8) is 0 Å². The van der Waals surface area contributed by atoms with Gasteiger partial charge in [-0.1, -0.05) is 6.42 Å². The van der Waals surface area contributed by atoms with Crippen molar-refractivity contribution in [2.75, 3.05) is 6.61 Å². The van der Waals surface area contributed by atoms with E-state index < -0.39 is 17.6 Å². The van der Waals surface area contributed by atoms with Crippen LogP contribution in [0.2, 0.25) is 0 Å². The molecule has 92 valence electrons. The summed E-state index contributed by atoms with van der Waals surface area (Å²) in [7, 11) is 0. The van der Waals surface area contributed by atoms with Crippen LogP contribution in [0.4, 0.5) is 13.2 Å². The van der Waals surface area contributed by atoms with Crippen LogP contribution >= 0.6 is 0 Å². The summed E-state index contributed by atoms with van der Waals surface area (Å²) in [5.41, 5.74) is -2.41. The number of alkyl halides is 3. The van der Waals surface area contributed by atoms with Crippen LogP contribution in [-0.2, 0) is 9.53 Å². The van der Waals surface area contributed by atoms with Gasteiger partial charge >= 0.3 is 12.1 Å². The lowest BCUT2D eigenvalue weighted by molar-refractivity contribution is -0.290. The number of ether oxygens (including phenoxy) is 1. The van der Waals surface area contributed by atoms with Crippen molar-refractivity contribution in [2.24, 2.45) is 10.8 Å². The molecule has 1 spiro atoms. The first-order chi connectivity index (χ1) is 7.35. The minimum Gasteiger partial charge on any atom is -0.465 e. The monoisotopic (exact) mass is 236 g/mol.